The standard InChI is InChI=1S/C39H50N4O5.C2HF3O2/c40-6-2-24-12-28-20-30-14-25(3-7-41)16-32(37(30)46)22-34-18-27(5-9-43)19-35(39(34)48-11-1-10-44)23-33-17-26(4-8-42)15-31(38(33)47)21-29(13-24)36(28)45;3-2(4,5)1(6)7/h12-19,44-47H,1-11,20-23,40-43H2;(H,6,7). The van der Waals surface area contributed by atoms with Crippen molar-refractivity contribution in [1.29, 1.82) is 0 Å². The van der Waals surface area contributed by atoms with E-state index in [9.17, 15) is 33.6 Å². The molecule has 0 saturated carbocycles. The molecule has 5 rings (SSSR count). The van der Waals surface area contributed by atoms with Crippen molar-refractivity contribution in [2.24, 2.45) is 22.9 Å². The number of carbonyl (C=O) groups is 1. The molecule has 4 aromatic rings. The Morgan fingerprint density at radius 3 is 1.05 bits per heavy atom. The van der Waals surface area contributed by atoms with Crippen molar-refractivity contribution in [2.75, 3.05) is 39.4 Å². The zero-order valence-electron chi connectivity index (χ0n) is 30.7. The topological polar surface area (TPSA) is 232 Å². The van der Waals surface area contributed by atoms with Gasteiger partial charge in [-0.25, -0.2) is 4.79 Å². The minimum absolute atomic E-state index is 0.00746. The fourth-order valence-corrected chi connectivity index (χ4v) is 6.88. The van der Waals surface area contributed by atoms with Crippen molar-refractivity contribution in [3.63, 3.8) is 0 Å². The largest absolute Gasteiger partial charge is 0.507 e. The fraction of sp³-hybridized carbons (Fsp3) is 0.390. The maximum absolute atomic E-state index is 11.8. The third-order valence-corrected chi connectivity index (χ3v) is 9.33. The molecule has 55 heavy (non-hydrogen) atoms. The molecule has 0 amide bonds. The lowest BCUT2D eigenvalue weighted by Crippen LogP contribution is -2.21. The summed E-state index contributed by atoms with van der Waals surface area (Å²) in [4.78, 5) is 8.90. The Morgan fingerprint density at radius 2 is 0.818 bits per heavy atom. The zero-order chi connectivity index (χ0) is 40.3. The first kappa shape index (κ1) is 42.9. The Hall–Kier alpha value is -4.86. The molecule has 0 heterocycles. The molecule has 0 radical (unpaired) electrons. The number of halogens is 3. The van der Waals surface area contributed by atoms with Crippen LogP contribution < -0.4 is 27.7 Å². The molecular formula is C41H51F3N4O7. The predicted molar refractivity (Wildman–Crippen MR) is 204 cm³/mol. The normalized spacial score (nSPS) is 12.5. The van der Waals surface area contributed by atoms with Gasteiger partial charge in [-0.1, -0.05) is 48.5 Å². The highest BCUT2D eigenvalue weighted by Crippen LogP contribution is 2.40. The van der Waals surface area contributed by atoms with Gasteiger partial charge < -0.3 is 53.2 Å². The lowest BCUT2D eigenvalue weighted by molar-refractivity contribution is -0.192. The summed E-state index contributed by atoms with van der Waals surface area (Å²) in [6.45, 7) is 2.10. The van der Waals surface area contributed by atoms with Gasteiger partial charge in [0.05, 0.1) is 6.61 Å². The number of aliphatic carboxylic acids is 1. The first-order valence-corrected chi connectivity index (χ1v) is 18.2. The molecular weight excluding hydrogens is 717 g/mol. The molecule has 8 bridgehead atoms. The number of rotatable bonds is 12. The van der Waals surface area contributed by atoms with Gasteiger partial charge in [0.1, 0.15) is 23.0 Å². The van der Waals surface area contributed by atoms with Crippen LogP contribution in [0.3, 0.4) is 0 Å². The lowest BCUT2D eigenvalue weighted by Gasteiger charge is -2.22. The molecule has 14 heteroatoms. The van der Waals surface area contributed by atoms with Crippen molar-refractivity contribution < 1.29 is 48.2 Å². The number of hydrogen-bond acceptors (Lipinski definition) is 10. The predicted octanol–water partition coefficient (Wildman–Crippen LogP) is 3.88. The highest BCUT2D eigenvalue weighted by Gasteiger charge is 2.38. The summed E-state index contributed by atoms with van der Waals surface area (Å²) in [6, 6.07) is 16.0. The zero-order valence-corrected chi connectivity index (χ0v) is 30.7. The average molecular weight is 769 g/mol. The molecule has 1 aliphatic carbocycles. The van der Waals surface area contributed by atoms with E-state index in [2.05, 4.69) is 12.1 Å². The Bertz CT molecular complexity index is 1840. The SMILES string of the molecule is NCCc1cc2c(O)c(c1)Cc1cc(CCN)cc(c1O)Cc1cc(CCN)cc(c1OCCCO)Cc1cc(CCN)cc(c1O)C2.O=C(O)C(F)(F)F. The monoisotopic (exact) mass is 768 g/mol. The molecule has 0 spiro atoms. The van der Waals surface area contributed by atoms with Gasteiger partial charge in [-0.05, 0) is 119 Å². The number of carboxylic acids is 1. The first-order chi connectivity index (χ1) is 26.2. The summed E-state index contributed by atoms with van der Waals surface area (Å²) >= 11 is 0. The van der Waals surface area contributed by atoms with E-state index in [4.69, 9.17) is 37.6 Å². The van der Waals surface area contributed by atoms with Crippen LogP contribution in [0.2, 0.25) is 0 Å². The van der Waals surface area contributed by atoms with E-state index in [-0.39, 0.29) is 36.7 Å². The number of benzene rings is 4. The second-order valence-corrected chi connectivity index (χ2v) is 13.6. The highest BCUT2D eigenvalue weighted by atomic mass is 19.4. The van der Waals surface area contributed by atoms with E-state index in [0.717, 1.165) is 44.5 Å². The smallest absolute Gasteiger partial charge is 0.490 e. The molecule has 1 aliphatic rings. The summed E-state index contributed by atoms with van der Waals surface area (Å²) in [6.07, 6.45) is -0.796. The molecule has 0 atom stereocenters. The Morgan fingerprint density at radius 1 is 0.564 bits per heavy atom. The van der Waals surface area contributed by atoms with Crippen molar-refractivity contribution in [2.45, 2.75) is 64.0 Å². The van der Waals surface area contributed by atoms with Crippen molar-refractivity contribution >= 4 is 5.97 Å². The first-order valence-electron chi connectivity index (χ1n) is 18.2. The van der Waals surface area contributed by atoms with Crippen LogP contribution in [-0.2, 0) is 56.2 Å². The summed E-state index contributed by atoms with van der Waals surface area (Å²) < 4.78 is 38.2. The number of aromatic hydroxyl groups is 3. The molecule has 11 nitrogen and oxygen atoms in total. The highest BCUT2D eigenvalue weighted by molar-refractivity contribution is 5.73. The van der Waals surface area contributed by atoms with Crippen LogP contribution in [0.25, 0.3) is 0 Å². The minimum Gasteiger partial charge on any atom is -0.507 e. The molecule has 4 aromatic carbocycles. The van der Waals surface area contributed by atoms with Crippen LogP contribution in [0, 0.1) is 0 Å². The third-order valence-electron chi connectivity index (χ3n) is 9.33. The summed E-state index contributed by atoms with van der Waals surface area (Å²) in [5.41, 5.74) is 33.9. The maximum Gasteiger partial charge on any atom is 0.490 e. The minimum atomic E-state index is -5.08. The van der Waals surface area contributed by atoms with Crippen molar-refractivity contribution in [3.8, 4) is 23.0 Å². The molecule has 298 valence electrons. The second kappa shape index (κ2) is 19.6. The second-order valence-electron chi connectivity index (χ2n) is 13.6. The van der Waals surface area contributed by atoms with Gasteiger partial charge in [-0.15, -0.1) is 0 Å². The molecule has 0 aliphatic heterocycles. The van der Waals surface area contributed by atoms with Gasteiger partial charge in [0.2, 0.25) is 0 Å². The molecule has 13 N–H and O–H groups in total. The quantitative estimate of drug-likeness (QED) is 0.0827. The maximum atomic E-state index is 11.8. The van der Waals surface area contributed by atoms with Gasteiger partial charge >= 0.3 is 12.1 Å². The number of phenolic OH excluding ortho intramolecular Hbond substituents is 3. The average Bonchev–Trinajstić information content (AvgIpc) is 3.11. The number of alkyl halides is 3. The van der Waals surface area contributed by atoms with Crippen molar-refractivity contribution in [3.05, 3.63) is 115 Å². The molecule has 0 unspecified atom stereocenters. The van der Waals surface area contributed by atoms with Gasteiger partial charge in [0.15, 0.2) is 0 Å². The van der Waals surface area contributed by atoms with Crippen molar-refractivity contribution in [1.82, 2.24) is 0 Å². The van der Waals surface area contributed by atoms with Gasteiger partial charge in [-0.3, -0.25) is 0 Å². The fourth-order valence-electron chi connectivity index (χ4n) is 6.88. The van der Waals surface area contributed by atoms with Crippen LogP contribution in [0.4, 0.5) is 13.2 Å². The van der Waals surface area contributed by atoms with Crippen LogP contribution in [0.1, 0.15) is 73.2 Å². The van der Waals surface area contributed by atoms with E-state index in [0.29, 0.717) is 106 Å². The molecule has 0 aromatic heterocycles. The van der Waals surface area contributed by atoms with E-state index in [1.807, 2.05) is 36.4 Å². The van der Waals surface area contributed by atoms with Crippen LogP contribution in [-0.4, -0.2) is 77.1 Å². The van der Waals surface area contributed by atoms with E-state index in [1.54, 1.807) is 0 Å². The van der Waals surface area contributed by atoms with Crippen LogP contribution in [0.15, 0.2) is 48.5 Å². The number of ether oxygens (including phenoxy) is 1. The number of aliphatic hydroxyl groups excluding tert-OH is 1. The number of nitrogens with two attached hydrogens (primary N) is 4. The Kier molecular flexibility index (Phi) is 15.3. The summed E-state index contributed by atoms with van der Waals surface area (Å²) in [5.74, 6) is -1.63. The van der Waals surface area contributed by atoms with Gasteiger partial charge in [0.25, 0.3) is 0 Å². The van der Waals surface area contributed by atoms with E-state index in [1.165, 1.54) is 0 Å². The van der Waals surface area contributed by atoms with E-state index < -0.39 is 12.1 Å². The summed E-state index contributed by atoms with van der Waals surface area (Å²) in [5, 5.41) is 52.0. The molecule has 0 saturated heterocycles. The Balaban J connectivity index is 0.000000876. The third kappa shape index (κ3) is 11.3. The lowest BCUT2D eigenvalue weighted by atomic mass is 9.87. The van der Waals surface area contributed by atoms with E-state index >= 15 is 0 Å². The number of fused-ring (bicyclic) bond motifs is 8. The van der Waals surface area contributed by atoms with Crippen LogP contribution >= 0.6 is 0 Å². The number of hydrogen-bond donors (Lipinski definition) is 9. The molecule has 0 fully saturated rings. The number of carboxylic acid groups (broad SMARTS) is 1. The van der Waals surface area contributed by atoms with Gasteiger partial charge in [-0.2, -0.15) is 13.2 Å². The summed E-state index contributed by atoms with van der Waals surface area (Å²) in [7, 11) is 0. The van der Waals surface area contributed by atoms with Gasteiger partial charge in [0, 0.05) is 38.7 Å². The Labute approximate surface area is 318 Å². The number of aliphatic hydroxyl groups is 1. The van der Waals surface area contributed by atoms with Crippen LogP contribution in [0.5, 0.6) is 23.0 Å². The number of phenols is 3.